The lowest BCUT2D eigenvalue weighted by Gasteiger charge is -2.22. The first-order valence-corrected chi connectivity index (χ1v) is 5.94. The Morgan fingerprint density at radius 1 is 1.62 bits per heavy atom. The molecule has 2 rings (SSSR count). The highest BCUT2D eigenvalue weighted by atomic mass is 35.5. The molecule has 0 aliphatic carbocycles. The number of aromatic amines is 1. The Kier molecular flexibility index (Phi) is 3.42. The lowest BCUT2D eigenvalue weighted by atomic mass is 10.2. The molecule has 6 heteroatoms. The largest absolute Gasteiger partial charge is 0.340 e. The molecule has 88 valence electrons. The summed E-state index contributed by atoms with van der Waals surface area (Å²) in [6, 6.07) is 1.69. The molecule has 0 aromatic carbocycles. The standard InChI is InChI=1S/C10H13Cl2N3O/c11-7-4-8(14-9(7)12)10(16)15-3-1-2-6(15)5-13/h4,6,14H,1-3,5,13H2. The monoisotopic (exact) mass is 261 g/mol. The van der Waals surface area contributed by atoms with Crippen LogP contribution in [0.2, 0.25) is 10.2 Å². The van der Waals surface area contributed by atoms with E-state index in [0.717, 1.165) is 19.4 Å². The molecule has 1 aromatic heterocycles. The molecule has 0 radical (unpaired) electrons. The van der Waals surface area contributed by atoms with Crippen molar-refractivity contribution >= 4 is 29.1 Å². The van der Waals surface area contributed by atoms with E-state index in [0.29, 0.717) is 22.4 Å². The maximum atomic E-state index is 12.1. The van der Waals surface area contributed by atoms with Crippen LogP contribution in [0.15, 0.2) is 6.07 Å². The normalized spacial score (nSPS) is 20.4. The Morgan fingerprint density at radius 2 is 2.38 bits per heavy atom. The van der Waals surface area contributed by atoms with Crippen LogP contribution in [0.3, 0.4) is 0 Å². The third kappa shape index (κ3) is 2.05. The van der Waals surface area contributed by atoms with Gasteiger partial charge in [-0.1, -0.05) is 23.2 Å². The Morgan fingerprint density at radius 3 is 2.94 bits per heavy atom. The zero-order valence-corrected chi connectivity index (χ0v) is 10.2. The lowest BCUT2D eigenvalue weighted by Crippen LogP contribution is -2.40. The highest BCUT2D eigenvalue weighted by molar-refractivity contribution is 6.41. The van der Waals surface area contributed by atoms with Gasteiger partial charge in [-0.25, -0.2) is 0 Å². The van der Waals surface area contributed by atoms with E-state index < -0.39 is 0 Å². The van der Waals surface area contributed by atoms with Crippen LogP contribution in [0.4, 0.5) is 0 Å². The number of nitrogens with zero attached hydrogens (tertiary/aromatic N) is 1. The van der Waals surface area contributed by atoms with Crippen LogP contribution in [0.1, 0.15) is 23.3 Å². The summed E-state index contributed by atoms with van der Waals surface area (Å²) in [7, 11) is 0. The maximum Gasteiger partial charge on any atom is 0.270 e. The first-order chi connectivity index (χ1) is 7.63. The Labute approximate surface area is 104 Å². The fourth-order valence-corrected chi connectivity index (χ4v) is 2.33. The molecule has 1 fully saturated rings. The molecule has 0 saturated carbocycles. The third-order valence-corrected chi connectivity index (χ3v) is 3.56. The third-order valence-electron chi connectivity index (χ3n) is 2.87. The van der Waals surface area contributed by atoms with Crippen LogP contribution >= 0.6 is 23.2 Å². The zero-order valence-electron chi connectivity index (χ0n) is 8.67. The summed E-state index contributed by atoms with van der Waals surface area (Å²) in [5.74, 6) is -0.0817. The first kappa shape index (κ1) is 11.8. The molecule has 1 amide bonds. The highest BCUT2D eigenvalue weighted by Crippen LogP contribution is 2.25. The van der Waals surface area contributed by atoms with Crippen molar-refractivity contribution in [1.82, 2.24) is 9.88 Å². The molecule has 3 N–H and O–H groups in total. The second kappa shape index (κ2) is 4.65. The van der Waals surface area contributed by atoms with Gasteiger partial charge in [0, 0.05) is 19.1 Å². The van der Waals surface area contributed by atoms with Gasteiger partial charge in [-0.3, -0.25) is 4.79 Å². The van der Waals surface area contributed by atoms with Gasteiger partial charge in [0.05, 0.1) is 5.02 Å². The Bertz CT molecular complexity index is 385. The molecule has 1 atom stereocenters. The zero-order chi connectivity index (χ0) is 11.7. The molecular weight excluding hydrogens is 249 g/mol. The van der Waals surface area contributed by atoms with Gasteiger partial charge in [0.2, 0.25) is 0 Å². The molecule has 0 spiro atoms. The van der Waals surface area contributed by atoms with Gasteiger partial charge in [-0.2, -0.15) is 0 Å². The number of carbonyl (C=O) groups excluding carboxylic acids is 1. The SMILES string of the molecule is NCC1CCCN1C(=O)c1cc(Cl)c(Cl)[nH]1. The fraction of sp³-hybridized carbons (Fsp3) is 0.500. The molecule has 2 heterocycles. The summed E-state index contributed by atoms with van der Waals surface area (Å²) >= 11 is 11.6. The average Bonchev–Trinajstić information content (AvgIpc) is 2.85. The van der Waals surface area contributed by atoms with Crippen LogP contribution in [0, 0.1) is 0 Å². The van der Waals surface area contributed by atoms with Crippen LogP contribution in [-0.2, 0) is 0 Å². The number of rotatable bonds is 2. The second-order valence-electron chi connectivity index (χ2n) is 3.88. The molecule has 1 aliphatic heterocycles. The number of aromatic nitrogens is 1. The molecule has 0 bridgehead atoms. The Balaban J connectivity index is 2.18. The number of amides is 1. The van der Waals surface area contributed by atoms with Crippen LogP contribution in [-0.4, -0.2) is 34.9 Å². The molecule has 1 aliphatic rings. The minimum Gasteiger partial charge on any atom is -0.340 e. The number of H-pyrrole nitrogens is 1. The fourth-order valence-electron chi connectivity index (χ4n) is 2.02. The molecule has 1 saturated heterocycles. The number of likely N-dealkylation sites (tertiary alicyclic amines) is 1. The summed E-state index contributed by atoms with van der Waals surface area (Å²) in [6.45, 7) is 1.24. The molecular formula is C10H13Cl2N3O. The number of nitrogens with two attached hydrogens (primary N) is 1. The van der Waals surface area contributed by atoms with Gasteiger partial charge in [0.25, 0.3) is 5.91 Å². The minimum absolute atomic E-state index is 0.0817. The van der Waals surface area contributed by atoms with Crippen LogP contribution < -0.4 is 5.73 Å². The lowest BCUT2D eigenvalue weighted by molar-refractivity contribution is 0.0736. The van der Waals surface area contributed by atoms with E-state index in [-0.39, 0.29) is 11.9 Å². The van der Waals surface area contributed by atoms with Crippen LogP contribution in [0.25, 0.3) is 0 Å². The number of hydrogen-bond donors (Lipinski definition) is 2. The predicted octanol–water partition coefficient (Wildman–Crippen LogP) is 1.88. The predicted molar refractivity (Wildman–Crippen MR) is 63.9 cm³/mol. The van der Waals surface area contributed by atoms with Gasteiger partial charge in [0.1, 0.15) is 10.8 Å². The van der Waals surface area contributed by atoms with E-state index in [1.807, 2.05) is 0 Å². The van der Waals surface area contributed by atoms with Crippen molar-refractivity contribution in [2.24, 2.45) is 5.73 Å². The summed E-state index contributed by atoms with van der Waals surface area (Å²) in [5.41, 5.74) is 6.05. The molecule has 4 nitrogen and oxygen atoms in total. The van der Waals surface area contributed by atoms with E-state index in [9.17, 15) is 4.79 Å². The van der Waals surface area contributed by atoms with Crippen molar-refractivity contribution in [2.45, 2.75) is 18.9 Å². The van der Waals surface area contributed by atoms with Crippen molar-refractivity contribution in [3.05, 3.63) is 21.9 Å². The van der Waals surface area contributed by atoms with E-state index in [1.54, 1.807) is 11.0 Å². The van der Waals surface area contributed by atoms with Gasteiger partial charge in [-0.15, -0.1) is 0 Å². The Hall–Kier alpha value is -0.710. The summed E-state index contributed by atoms with van der Waals surface area (Å²) in [4.78, 5) is 16.6. The van der Waals surface area contributed by atoms with E-state index in [4.69, 9.17) is 28.9 Å². The van der Waals surface area contributed by atoms with Crippen molar-refractivity contribution in [1.29, 1.82) is 0 Å². The van der Waals surface area contributed by atoms with Crippen molar-refractivity contribution in [3.63, 3.8) is 0 Å². The minimum atomic E-state index is -0.0817. The number of nitrogens with one attached hydrogen (secondary N) is 1. The van der Waals surface area contributed by atoms with Crippen molar-refractivity contribution in [2.75, 3.05) is 13.1 Å². The van der Waals surface area contributed by atoms with Crippen molar-refractivity contribution < 1.29 is 4.79 Å². The van der Waals surface area contributed by atoms with E-state index >= 15 is 0 Å². The average molecular weight is 262 g/mol. The van der Waals surface area contributed by atoms with Crippen LogP contribution in [0.5, 0.6) is 0 Å². The quantitative estimate of drug-likeness (QED) is 0.854. The van der Waals surface area contributed by atoms with Gasteiger partial charge >= 0.3 is 0 Å². The number of hydrogen-bond acceptors (Lipinski definition) is 2. The molecule has 16 heavy (non-hydrogen) atoms. The maximum absolute atomic E-state index is 12.1. The summed E-state index contributed by atoms with van der Waals surface area (Å²) in [5, 5.41) is 0.669. The highest BCUT2D eigenvalue weighted by Gasteiger charge is 2.29. The van der Waals surface area contributed by atoms with Gasteiger partial charge in [-0.05, 0) is 18.9 Å². The topological polar surface area (TPSA) is 62.1 Å². The van der Waals surface area contributed by atoms with Crippen molar-refractivity contribution in [3.8, 4) is 0 Å². The van der Waals surface area contributed by atoms with E-state index in [2.05, 4.69) is 4.98 Å². The summed E-state index contributed by atoms with van der Waals surface area (Å²) in [6.07, 6.45) is 1.96. The smallest absolute Gasteiger partial charge is 0.270 e. The number of carbonyl (C=O) groups is 1. The van der Waals surface area contributed by atoms with E-state index in [1.165, 1.54) is 0 Å². The summed E-state index contributed by atoms with van der Waals surface area (Å²) < 4.78 is 0. The second-order valence-corrected chi connectivity index (χ2v) is 4.66. The first-order valence-electron chi connectivity index (χ1n) is 5.18. The number of halogens is 2. The molecule has 1 aromatic rings. The van der Waals surface area contributed by atoms with Gasteiger partial charge in [0.15, 0.2) is 0 Å². The molecule has 1 unspecified atom stereocenters. The van der Waals surface area contributed by atoms with Gasteiger partial charge < -0.3 is 15.6 Å².